The van der Waals surface area contributed by atoms with Gasteiger partial charge in [-0.15, -0.1) is 0 Å². The van der Waals surface area contributed by atoms with Crippen LogP contribution in [0.4, 0.5) is 0 Å². The number of ether oxygens (including phenoxy) is 1. The summed E-state index contributed by atoms with van der Waals surface area (Å²) in [6.07, 6.45) is 0. The summed E-state index contributed by atoms with van der Waals surface area (Å²) in [4.78, 5) is 2.35. The molecule has 6 nitrogen and oxygen atoms in total. The third-order valence-electron chi connectivity index (χ3n) is 4.20. The molecule has 132 valence electrons. The zero-order chi connectivity index (χ0) is 17.4. The number of likely N-dealkylation sites (N-methyl/N-ethyl adjacent to an activating group) is 1. The largest absolute Gasteiger partial charge is 0.492 e. The molecular weight excluding hydrogens is 304 g/mol. The Balaban J connectivity index is 1.76. The van der Waals surface area contributed by atoms with Gasteiger partial charge in [0.25, 0.3) is 0 Å². The molecule has 0 saturated carbocycles. The Labute approximate surface area is 144 Å². The number of aryl methyl sites for hydroxylation is 1. The van der Waals surface area contributed by atoms with E-state index in [1.165, 1.54) is 5.56 Å². The highest BCUT2D eigenvalue weighted by Crippen LogP contribution is 2.15. The summed E-state index contributed by atoms with van der Waals surface area (Å²) in [5.74, 6) is 0.913. The monoisotopic (exact) mass is 332 g/mol. The Bertz CT molecular complexity index is 593. The maximum atomic E-state index is 5.80. The topological polar surface area (TPSA) is 63.4 Å². The quantitative estimate of drug-likeness (QED) is 0.722. The Morgan fingerprint density at radius 3 is 2.46 bits per heavy atom. The van der Waals surface area contributed by atoms with Gasteiger partial charge < -0.3 is 15.0 Å². The molecule has 0 aliphatic rings. The van der Waals surface area contributed by atoms with E-state index in [2.05, 4.69) is 53.4 Å². The summed E-state index contributed by atoms with van der Waals surface area (Å²) in [5, 5.41) is 11.2. The molecule has 1 unspecified atom stereocenters. The molecule has 0 bridgehead atoms. The van der Waals surface area contributed by atoms with Crippen molar-refractivity contribution in [2.24, 2.45) is 0 Å². The predicted molar refractivity (Wildman–Crippen MR) is 94.0 cm³/mol. The number of aromatic nitrogens is 2. The molecule has 0 fully saturated rings. The molecule has 0 aliphatic heterocycles. The zero-order valence-corrected chi connectivity index (χ0v) is 15.1. The molecule has 1 N–H and O–H groups in total. The molecule has 1 aromatic heterocycles. The first-order valence-corrected chi connectivity index (χ1v) is 8.60. The van der Waals surface area contributed by atoms with E-state index in [4.69, 9.17) is 9.37 Å². The van der Waals surface area contributed by atoms with Crippen LogP contribution in [0.25, 0.3) is 0 Å². The predicted octanol–water partition coefficient (Wildman–Crippen LogP) is 2.95. The van der Waals surface area contributed by atoms with Crippen LogP contribution in [0.2, 0.25) is 0 Å². The number of nitrogens with one attached hydrogen (secondary N) is 1. The fourth-order valence-corrected chi connectivity index (χ4v) is 2.53. The third-order valence-corrected chi connectivity index (χ3v) is 4.20. The highest BCUT2D eigenvalue weighted by molar-refractivity contribution is 5.27. The van der Waals surface area contributed by atoms with Crippen LogP contribution in [-0.2, 0) is 6.54 Å². The van der Waals surface area contributed by atoms with Gasteiger partial charge >= 0.3 is 0 Å². The number of hydrogen-bond donors (Lipinski definition) is 1. The Morgan fingerprint density at radius 2 is 1.88 bits per heavy atom. The van der Waals surface area contributed by atoms with Crippen LogP contribution in [0.5, 0.6) is 5.75 Å². The lowest BCUT2D eigenvalue weighted by Gasteiger charge is -2.18. The first kappa shape index (κ1) is 18.4. The SMILES string of the molecule is CCN(CC)CCOc1ccc(CNC(C)c2nonc2C)cc1. The molecule has 2 aromatic rings. The molecular formula is C18H28N4O2. The normalized spacial score (nSPS) is 12.5. The summed E-state index contributed by atoms with van der Waals surface area (Å²) in [5.41, 5.74) is 2.88. The average molecular weight is 332 g/mol. The first-order chi connectivity index (χ1) is 11.6. The Kier molecular flexibility index (Phi) is 7.21. The lowest BCUT2D eigenvalue weighted by Crippen LogP contribution is -2.27. The van der Waals surface area contributed by atoms with E-state index in [0.717, 1.165) is 49.9 Å². The molecule has 2 rings (SSSR count). The second kappa shape index (κ2) is 9.39. The van der Waals surface area contributed by atoms with E-state index in [1.54, 1.807) is 0 Å². The lowest BCUT2D eigenvalue weighted by molar-refractivity contribution is 0.223. The van der Waals surface area contributed by atoms with Gasteiger partial charge in [0.1, 0.15) is 23.7 Å². The van der Waals surface area contributed by atoms with E-state index in [-0.39, 0.29) is 6.04 Å². The number of hydrogen-bond acceptors (Lipinski definition) is 6. The molecule has 1 aromatic carbocycles. The van der Waals surface area contributed by atoms with Gasteiger partial charge in [-0.05, 0) is 44.6 Å². The minimum atomic E-state index is 0.0984. The van der Waals surface area contributed by atoms with E-state index < -0.39 is 0 Å². The average Bonchev–Trinajstić information content (AvgIpc) is 3.04. The van der Waals surface area contributed by atoms with Crippen LogP contribution in [-0.4, -0.2) is 41.5 Å². The molecule has 0 amide bonds. The Hall–Kier alpha value is -1.92. The summed E-state index contributed by atoms with van der Waals surface area (Å²) >= 11 is 0. The van der Waals surface area contributed by atoms with Gasteiger partial charge in [-0.25, -0.2) is 4.63 Å². The van der Waals surface area contributed by atoms with Crippen molar-refractivity contribution in [3.63, 3.8) is 0 Å². The summed E-state index contributed by atoms with van der Waals surface area (Å²) in [6.45, 7) is 12.8. The summed E-state index contributed by atoms with van der Waals surface area (Å²) in [7, 11) is 0. The van der Waals surface area contributed by atoms with Crippen molar-refractivity contribution >= 4 is 0 Å². The second-order valence-corrected chi connectivity index (χ2v) is 5.86. The molecule has 24 heavy (non-hydrogen) atoms. The second-order valence-electron chi connectivity index (χ2n) is 5.86. The molecule has 0 spiro atoms. The fourth-order valence-electron chi connectivity index (χ4n) is 2.53. The van der Waals surface area contributed by atoms with Gasteiger partial charge in [-0.3, -0.25) is 0 Å². The lowest BCUT2D eigenvalue weighted by atomic mass is 10.1. The highest BCUT2D eigenvalue weighted by Gasteiger charge is 2.13. The van der Waals surface area contributed by atoms with E-state index in [1.807, 2.05) is 19.1 Å². The van der Waals surface area contributed by atoms with Gasteiger partial charge in [-0.2, -0.15) is 0 Å². The number of rotatable bonds is 10. The van der Waals surface area contributed by atoms with Gasteiger partial charge in [0.05, 0.1) is 6.04 Å². The molecule has 0 saturated heterocycles. The van der Waals surface area contributed by atoms with Crippen LogP contribution >= 0.6 is 0 Å². The zero-order valence-electron chi connectivity index (χ0n) is 15.1. The first-order valence-electron chi connectivity index (χ1n) is 8.60. The van der Waals surface area contributed by atoms with Crippen molar-refractivity contribution in [1.82, 2.24) is 20.5 Å². The smallest absolute Gasteiger partial charge is 0.124 e. The van der Waals surface area contributed by atoms with Crippen molar-refractivity contribution < 1.29 is 9.37 Å². The standard InChI is InChI=1S/C18H28N4O2/c1-5-22(6-2)11-12-23-17-9-7-16(8-10-17)13-19-14(3)18-15(4)20-24-21-18/h7-10,14,19H,5-6,11-13H2,1-4H3. The van der Waals surface area contributed by atoms with E-state index in [9.17, 15) is 0 Å². The Morgan fingerprint density at radius 1 is 1.17 bits per heavy atom. The summed E-state index contributed by atoms with van der Waals surface area (Å²) in [6, 6.07) is 8.31. The van der Waals surface area contributed by atoms with Gasteiger partial charge in [-0.1, -0.05) is 36.3 Å². The van der Waals surface area contributed by atoms with Crippen molar-refractivity contribution in [1.29, 1.82) is 0 Å². The molecule has 0 aliphatic carbocycles. The third kappa shape index (κ3) is 5.32. The van der Waals surface area contributed by atoms with Crippen LogP contribution < -0.4 is 10.1 Å². The maximum Gasteiger partial charge on any atom is 0.124 e. The van der Waals surface area contributed by atoms with Crippen LogP contribution in [0.3, 0.4) is 0 Å². The maximum absolute atomic E-state index is 5.80. The van der Waals surface area contributed by atoms with Crippen LogP contribution in [0.15, 0.2) is 28.9 Å². The van der Waals surface area contributed by atoms with Gasteiger partial charge in [0.2, 0.25) is 0 Å². The van der Waals surface area contributed by atoms with Gasteiger partial charge in [0.15, 0.2) is 0 Å². The molecule has 1 atom stereocenters. The number of nitrogens with zero attached hydrogens (tertiary/aromatic N) is 3. The molecule has 1 heterocycles. The molecule has 0 radical (unpaired) electrons. The summed E-state index contributed by atoms with van der Waals surface area (Å²) < 4.78 is 10.5. The van der Waals surface area contributed by atoms with E-state index in [0.29, 0.717) is 0 Å². The van der Waals surface area contributed by atoms with Crippen molar-refractivity contribution in [3.05, 3.63) is 41.2 Å². The van der Waals surface area contributed by atoms with Crippen molar-refractivity contribution in [2.75, 3.05) is 26.2 Å². The van der Waals surface area contributed by atoms with Crippen molar-refractivity contribution in [3.8, 4) is 5.75 Å². The minimum absolute atomic E-state index is 0.0984. The number of benzene rings is 1. The minimum Gasteiger partial charge on any atom is -0.492 e. The van der Waals surface area contributed by atoms with Gasteiger partial charge in [0, 0.05) is 13.1 Å². The fraction of sp³-hybridized carbons (Fsp3) is 0.556. The highest BCUT2D eigenvalue weighted by atomic mass is 16.6. The molecule has 6 heteroatoms. The van der Waals surface area contributed by atoms with Crippen molar-refractivity contribution in [2.45, 2.75) is 40.3 Å². The van der Waals surface area contributed by atoms with Crippen LogP contribution in [0, 0.1) is 6.92 Å². The van der Waals surface area contributed by atoms with Crippen LogP contribution in [0.1, 0.15) is 43.8 Å². The van der Waals surface area contributed by atoms with E-state index >= 15 is 0 Å².